The molecule has 0 fully saturated rings. The van der Waals surface area contributed by atoms with E-state index in [9.17, 15) is 22.8 Å². The van der Waals surface area contributed by atoms with Gasteiger partial charge < -0.3 is 10.2 Å². The van der Waals surface area contributed by atoms with Crippen molar-refractivity contribution in [3.8, 4) is 0 Å². The minimum Gasteiger partial charge on any atom is -0.354 e. The lowest BCUT2D eigenvalue weighted by Gasteiger charge is -2.31. The van der Waals surface area contributed by atoms with Crippen LogP contribution in [0.1, 0.15) is 49.5 Å². The molecule has 3 amide bonds. The van der Waals surface area contributed by atoms with E-state index in [0.717, 1.165) is 9.87 Å². The summed E-state index contributed by atoms with van der Waals surface area (Å²) in [4.78, 5) is 40.4. The second kappa shape index (κ2) is 11.2. The first-order chi connectivity index (χ1) is 16.6. The fourth-order valence-electron chi connectivity index (χ4n) is 3.92. The molecule has 1 heterocycles. The Morgan fingerprint density at radius 3 is 2.34 bits per heavy atom. The lowest BCUT2D eigenvalue weighted by atomic mass is 10.1. The molecule has 1 atom stereocenters. The number of sulfonamides is 1. The summed E-state index contributed by atoms with van der Waals surface area (Å²) in [5.41, 5.74) is 0.868. The van der Waals surface area contributed by atoms with Crippen molar-refractivity contribution in [2.45, 2.75) is 51.1 Å². The first-order valence-corrected chi connectivity index (χ1v) is 13.4. The number of hydrogen-bond acceptors (Lipinski definition) is 5. The lowest BCUT2D eigenvalue weighted by Crippen LogP contribution is -2.50. The third kappa shape index (κ3) is 6.02. The van der Waals surface area contributed by atoms with Gasteiger partial charge in [-0.25, -0.2) is 12.7 Å². The molecule has 35 heavy (non-hydrogen) atoms. The molecule has 1 aliphatic rings. The van der Waals surface area contributed by atoms with Gasteiger partial charge in [0.1, 0.15) is 10.9 Å². The molecule has 1 aliphatic heterocycles. The zero-order valence-electron chi connectivity index (χ0n) is 20.0. The molecule has 10 heteroatoms. The van der Waals surface area contributed by atoms with E-state index in [-0.39, 0.29) is 41.8 Å². The van der Waals surface area contributed by atoms with Gasteiger partial charge in [0, 0.05) is 31.1 Å². The molecule has 0 bridgehead atoms. The van der Waals surface area contributed by atoms with Crippen LogP contribution in [0.25, 0.3) is 0 Å². The van der Waals surface area contributed by atoms with Crippen LogP contribution in [-0.4, -0.2) is 54.5 Å². The monoisotopic (exact) mass is 519 g/mol. The molecule has 0 spiro atoms. The molecule has 188 valence electrons. The van der Waals surface area contributed by atoms with Gasteiger partial charge >= 0.3 is 0 Å². The van der Waals surface area contributed by atoms with Crippen LogP contribution in [0, 0.1) is 5.92 Å². The van der Waals surface area contributed by atoms with Gasteiger partial charge in [0.25, 0.3) is 15.9 Å². The number of halogens is 1. The number of benzene rings is 2. The molecule has 1 N–H and O–H groups in total. The molecule has 0 saturated carbocycles. The summed E-state index contributed by atoms with van der Waals surface area (Å²) in [6.45, 7) is 6.07. The summed E-state index contributed by atoms with van der Waals surface area (Å²) in [7, 11) is -4.02. The number of hydrogen-bond donors (Lipinski definition) is 1. The minimum atomic E-state index is -4.02. The van der Waals surface area contributed by atoms with Crippen LogP contribution >= 0.6 is 11.6 Å². The molecule has 2 aromatic carbocycles. The predicted octanol–water partition coefficient (Wildman–Crippen LogP) is 3.45. The molecule has 3 rings (SSSR count). The van der Waals surface area contributed by atoms with Crippen molar-refractivity contribution in [1.29, 1.82) is 0 Å². The predicted molar refractivity (Wildman–Crippen MR) is 133 cm³/mol. The van der Waals surface area contributed by atoms with Crippen molar-refractivity contribution < 1.29 is 22.8 Å². The molecule has 0 radical (unpaired) electrons. The Kier molecular flexibility index (Phi) is 8.56. The Hall–Kier alpha value is -2.91. The average molecular weight is 520 g/mol. The molecule has 0 saturated heterocycles. The van der Waals surface area contributed by atoms with Crippen LogP contribution in [0.4, 0.5) is 0 Å². The Balaban J connectivity index is 1.81. The van der Waals surface area contributed by atoms with Gasteiger partial charge in [0.05, 0.1) is 5.56 Å². The minimum absolute atomic E-state index is 0.0602. The highest BCUT2D eigenvalue weighted by Crippen LogP contribution is 2.30. The first-order valence-electron chi connectivity index (χ1n) is 11.5. The highest BCUT2D eigenvalue weighted by molar-refractivity contribution is 7.90. The van der Waals surface area contributed by atoms with Crippen molar-refractivity contribution in [2.75, 3.05) is 13.1 Å². The van der Waals surface area contributed by atoms with Gasteiger partial charge in [-0.15, -0.1) is 0 Å². The second-order valence-electron chi connectivity index (χ2n) is 8.84. The average Bonchev–Trinajstić information content (AvgIpc) is 3.02. The molecular weight excluding hydrogens is 490 g/mol. The Labute approximate surface area is 211 Å². The summed E-state index contributed by atoms with van der Waals surface area (Å²) in [5, 5.41) is 3.43. The van der Waals surface area contributed by atoms with Crippen LogP contribution < -0.4 is 5.32 Å². The van der Waals surface area contributed by atoms with Gasteiger partial charge in [0.15, 0.2) is 0 Å². The fourth-order valence-corrected chi connectivity index (χ4v) is 5.62. The van der Waals surface area contributed by atoms with Crippen molar-refractivity contribution in [3.05, 3.63) is 64.7 Å². The topological polar surface area (TPSA) is 104 Å². The summed E-state index contributed by atoms with van der Waals surface area (Å²) in [6, 6.07) is 12.2. The van der Waals surface area contributed by atoms with Crippen LogP contribution in [0.2, 0.25) is 5.02 Å². The maximum absolute atomic E-state index is 13.4. The van der Waals surface area contributed by atoms with Crippen LogP contribution in [-0.2, 0) is 26.2 Å². The second-order valence-corrected chi connectivity index (χ2v) is 11.1. The molecule has 8 nitrogen and oxygen atoms in total. The highest BCUT2D eigenvalue weighted by atomic mass is 35.5. The van der Waals surface area contributed by atoms with Crippen molar-refractivity contribution in [1.82, 2.24) is 14.5 Å². The van der Waals surface area contributed by atoms with Crippen LogP contribution in [0.3, 0.4) is 0 Å². The Morgan fingerprint density at radius 1 is 1.09 bits per heavy atom. The normalized spacial score (nSPS) is 15.1. The summed E-state index contributed by atoms with van der Waals surface area (Å²) < 4.78 is 26.4. The quantitative estimate of drug-likeness (QED) is 0.517. The van der Waals surface area contributed by atoms with Crippen molar-refractivity contribution in [3.63, 3.8) is 0 Å². The van der Waals surface area contributed by atoms with E-state index in [0.29, 0.717) is 18.0 Å². The smallest absolute Gasteiger partial charge is 0.269 e. The largest absolute Gasteiger partial charge is 0.354 e. The van der Waals surface area contributed by atoms with Gasteiger partial charge in [-0.05, 0) is 42.2 Å². The number of fused-ring (bicyclic) bond motifs is 1. The number of rotatable bonds is 10. The van der Waals surface area contributed by atoms with Crippen molar-refractivity contribution >= 4 is 39.3 Å². The summed E-state index contributed by atoms with van der Waals surface area (Å²) >= 11 is 5.98. The molecule has 0 aromatic heterocycles. The number of nitrogens with one attached hydrogen (secondary N) is 1. The zero-order chi connectivity index (χ0) is 25.8. The fraction of sp³-hybridized carbons (Fsp3) is 0.400. The number of carbonyl (C=O) groups is 3. The summed E-state index contributed by atoms with van der Waals surface area (Å²) in [6.07, 6.45) is 0.121. The Morgan fingerprint density at radius 2 is 1.74 bits per heavy atom. The SMILES string of the molecule is CC[C@H](C(=O)NCC(C)C)N(Cc1ccc(Cl)cc1)C(=O)CCN1C(=O)c2ccccc2S1(=O)=O. The molecule has 0 aliphatic carbocycles. The third-order valence-corrected chi connectivity index (χ3v) is 7.87. The van der Waals surface area contributed by atoms with Crippen LogP contribution in [0.15, 0.2) is 53.4 Å². The van der Waals surface area contributed by atoms with Crippen molar-refractivity contribution in [2.24, 2.45) is 5.92 Å². The number of nitrogens with zero attached hydrogens (tertiary/aromatic N) is 2. The van der Waals surface area contributed by atoms with Crippen LogP contribution in [0.5, 0.6) is 0 Å². The molecular formula is C25H30ClN3O5S. The lowest BCUT2D eigenvalue weighted by molar-refractivity contribution is -0.141. The molecule has 2 aromatic rings. The van der Waals surface area contributed by atoms with E-state index in [4.69, 9.17) is 11.6 Å². The van der Waals surface area contributed by atoms with E-state index in [2.05, 4.69) is 5.32 Å². The van der Waals surface area contributed by atoms with Gasteiger partial charge in [-0.3, -0.25) is 14.4 Å². The van der Waals surface area contributed by atoms with Gasteiger partial charge in [0.2, 0.25) is 11.8 Å². The third-order valence-electron chi connectivity index (χ3n) is 5.78. The zero-order valence-corrected chi connectivity index (χ0v) is 21.6. The highest BCUT2D eigenvalue weighted by Gasteiger charge is 2.41. The van der Waals surface area contributed by atoms with E-state index in [1.807, 2.05) is 20.8 Å². The maximum atomic E-state index is 13.4. The Bertz CT molecular complexity index is 1200. The van der Waals surface area contributed by atoms with Gasteiger partial charge in [-0.1, -0.05) is 56.6 Å². The standard InChI is InChI=1S/C25H30ClN3O5S/c1-4-21(24(31)27-15-17(2)3)28(16-18-9-11-19(26)12-10-18)23(30)13-14-29-25(32)20-7-5-6-8-22(20)35(29,33)34/h5-12,17,21H,4,13-16H2,1-3H3,(H,27,31)/t21-/m1/s1. The summed E-state index contributed by atoms with van der Waals surface area (Å²) in [5.74, 6) is -1.12. The van der Waals surface area contributed by atoms with E-state index >= 15 is 0 Å². The molecule has 0 unspecified atom stereocenters. The number of amides is 3. The van der Waals surface area contributed by atoms with E-state index < -0.39 is 27.9 Å². The number of carbonyl (C=O) groups excluding carboxylic acids is 3. The van der Waals surface area contributed by atoms with E-state index in [1.54, 1.807) is 36.4 Å². The van der Waals surface area contributed by atoms with E-state index in [1.165, 1.54) is 17.0 Å². The first kappa shape index (κ1) is 26.7. The maximum Gasteiger partial charge on any atom is 0.269 e. The van der Waals surface area contributed by atoms with Gasteiger partial charge in [-0.2, -0.15) is 0 Å².